The van der Waals surface area contributed by atoms with Gasteiger partial charge in [-0.25, -0.2) is 4.79 Å². The lowest BCUT2D eigenvalue weighted by Crippen LogP contribution is -2.44. The second-order valence-corrected chi connectivity index (χ2v) is 5.14. The second-order valence-electron chi connectivity index (χ2n) is 5.14. The monoisotopic (exact) mass is 263 g/mol. The molecule has 0 aromatic heterocycles. The molecule has 0 bridgehead atoms. The zero-order valence-electron chi connectivity index (χ0n) is 11.6. The summed E-state index contributed by atoms with van der Waals surface area (Å²) in [5, 5.41) is 11.6. The smallest absolute Gasteiger partial charge is 0.326 e. The van der Waals surface area contributed by atoms with Gasteiger partial charge in [-0.05, 0) is 17.4 Å². The molecule has 0 saturated heterocycles. The summed E-state index contributed by atoms with van der Waals surface area (Å²) in [6.07, 6.45) is 0.292. The lowest BCUT2D eigenvalue weighted by atomic mass is 9.97. The number of amides is 1. The molecule has 4 heteroatoms. The Morgan fingerprint density at radius 3 is 2.21 bits per heavy atom. The molecule has 0 spiro atoms. The molecule has 0 saturated carbocycles. The molecule has 1 amide bonds. The molecule has 0 aliphatic heterocycles. The minimum Gasteiger partial charge on any atom is -0.480 e. The van der Waals surface area contributed by atoms with E-state index in [9.17, 15) is 9.59 Å². The van der Waals surface area contributed by atoms with Gasteiger partial charge in [0, 0.05) is 6.42 Å². The number of hydrogen-bond acceptors (Lipinski definition) is 2. The Hall–Kier alpha value is -1.84. The van der Waals surface area contributed by atoms with Crippen LogP contribution in [-0.2, 0) is 9.59 Å². The fourth-order valence-corrected chi connectivity index (χ4v) is 1.92. The Balaban J connectivity index is 2.58. The first-order valence-corrected chi connectivity index (χ1v) is 6.49. The lowest BCUT2D eigenvalue weighted by molar-refractivity contribution is -0.143. The number of aliphatic carboxylic acids is 1. The van der Waals surface area contributed by atoms with Crippen LogP contribution in [0.15, 0.2) is 30.3 Å². The van der Waals surface area contributed by atoms with Crippen molar-refractivity contribution < 1.29 is 14.7 Å². The van der Waals surface area contributed by atoms with E-state index >= 15 is 0 Å². The quantitative estimate of drug-likeness (QED) is 0.828. The van der Waals surface area contributed by atoms with Crippen molar-refractivity contribution in [3.8, 4) is 0 Å². The molecule has 104 valence electrons. The first-order valence-electron chi connectivity index (χ1n) is 6.49. The summed E-state index contributed by atoms with van der Waals surface area (Å²) in [4.78, 5) is 22.9. The van der Waals surface area contributed by atoms with Crippen LogP contribution in [0.2, 0.25) is 0 Å². The number of carbonyl (C=O) groups excluding carboxylic acids is 1. The van der Waals surface area contributed by atoms with Gasteiger partial charge in [-0.3, -0.25) is 4.79 Å². The number of carboxylic acid groups (broad SMARTS) is 1. The Morgan fingerprint density at radius 1 is 1.16 bits per heavy atom. The number of benzene rings is 1. The third-order valence-electron chi connectivity index (χ3n) is 3.11. The largest absolute Gasteiger partial charge is 0.480 e. The van der Waals surface area contributed by atoms with Gasteiger partial charge in [0.15, 0.2) is 0 Å². The van der Waals surface area contributed by atoms with E-state index in [1.807, 2.05) is 37.3 Å². The summed E-state index contributed by atoms with van der Waals surface area (Å²) >= 11 is 0. The highest BCUT2D eigenvalue weighted by Crippen LogP contribution is 2.18. The minimum atomic E-state index is -0.990. The SMILES string of the molecule is CC(CC(=O)N[C@@H](C(=O)O)C(C)C)c1ccccc1. The van der Waals surface area contributed by atoms with E-state index in [4.69, 9.17) is 5.11 Å². The summed E-state index contributed by atoms with van der Waals surface area (Å²) in [6.45, 7) is 5.51. The maximum Gasteiger partial charge on any atom is 0.326 e. The van der Waals surface area contributed by atoms with Gasteiger partial charge in [0.2, 0.25) is 5.91 Å². The molecule has 0 radical (unpaired) electrons. The van der Waals surface area contributed by atoms with Crippen LogP contribution in [0.3, 0.4) is 0 Å². The summed E-state index contributed by atoms with van der Waals surface area (Å²) in [5.74, 6) is -1.27. The number of carbonyl (C=O) groups is 2. The number of hydrogen-bond donors (Lipinski definition) is 2. The Bertz CT molecular complexity index is 428. The van der Waals surface area contributed by atoms with Crippen molar-refractivity contribution in [2.24, 2.45) is 5.92 Å². The Kier molecular flexibility index (Phi) is 5.55. The standard InChI is InChI=1S/C15H21NO3/c1-10(2)14(15(18)19)16-13(17)9-11(3)12-7-5-4-6-8-12/h4-8,10-11,14H,9H2,1-3H3,(H,16,17)(H,18,19)/t11?,14-/m1/s1. The molecule has 4 nitrogen and oxygen atoms in total. The van der Waals surface area contributed by atoms with Crippen molar-refractivity contribution in [3.63, 3.8) is 0 Å². The van der Waals surface area contributed by atoms with E-state index in [0.717, 1.165) is 5.56 Å². The van der Waals surface area contributed by atoms with Gasteiger partial charge in [-0.15, -0.1) is 0 Å². The topological polar surface area (TPSA) is 66.4 Å². The average Bonchev–Trinajstić information content (AvgIpc) is 2.36. The zero-order chi connectivity index (χ0) is 14.4. The van der Waals surface area contributed by atoms with E-state index in [-0.39, 0.29) is 17.7 Å². The molecule has 0 aliphatic rings. The lowest BCUT2D eigenvalue weighted by Gasteiger charge is -2.19. The first-order chi connectivity index (χ1) is 8.91. The van der Waals surface area contributed by atoms with Crippen LogP contribution < -0.4 is 5.32 Å². The van der Waals surface area contributed by atoms with Gasteiger partial charge >= 0.3 is 5.97 Å². The van der Waals surface area contributed by atoms with Gasteiger partial charge in [-0.1, -0.05) is 51.1 Å². The molecule has 19 heavy (non-hydrogen) atoms. The Morgan fingerprint density at radius 2 is 1.74 bits per heavy atom. The van der Waals surface area contributed by atoms with Crippen LogP contribution in [0, 0.1) is 5.92 Å². The summed E-state index contributed by atoms with van der Waals surface area (Å²) in [6, 6.07) is 8.89. The van der Waals surface area contributed by atoms with Crippen LogP contribution in [0.4, 0.5) is 0 Å². The van der Waals surface area contributed by atoms with E-state index in [2.05, 4.69) is 5.32 Å². The van der Waals surface area contributed by atoms with Crippen LogP contribution in [0.5, 0.6) is 0 Å². The summed E-state index contributed by atoms with van der Waals surface area (Å²) in [7, 11) is 0. The van der Waals surface area contributed by atoms with Gasteiger partial charge in [0.05, 0.1) is 0 Å². The predicted molar refractivity (Wildman–Crippen MR) is 73.9 cm³/mol. The maximum absolute atomic E-state index is 11.9. The normalized spacial score (nSPS) is 13.9. The highest BCUT2D eigenvalue weighted by atomic mass is 16.4. The van der Waals surface area contributed by atoms with Gasteiger partial charge < -0.3 is 10.4 Å². The highest BCUT2D eigenvalue weighted by molar-refractivity contribution is 5.84. The van der Waals surface area contributed by atoms with Crippen LogP contribution in [0.25, 0.3) is 0 Å². The van der Waals surface area contributed by atoms with E-state index in [1.54, 1.807) is 13.8 Å². The third-order valence-corrected chi connectivity index (χ3v) is 3.11. The molecule has 1 aromatic rings. The summed E-state index contributed by atoms with van der Waals surface area (Å²) in [5.41, 5.74) is 1.08. The second kappa shape index (κ2) is 6.92. The highest BCUT2D eigenvalue weighted by Gasteiger charge is 2.24. The number of nitrogens with one attached hydrogen (secondary N) is 1. The van der Waals surface area contributed by atoms with Crippen molar-refractivity contribution in [2.75, 3.05) is 0 Å². The molecule has 0 heterocycles. The van der Waals surface area contributed by atoms with Gasteiger partial charge in [0.25, 0.3) is 0 Å². The third kappa shape index (κ3) is 4.73. The summed E-state index contributed by atoms with van der Waals surface area (Å²) < 4.78 is 0. The maximum atomic E-state index is 11.9. The molecule has 2 N–H and O–H groups in total. The average molecular weight is 263 g/mol. The Labute approximate surface area is 113 Å². The minimum absolute atomic E-state index is 0.0720. The zero-order valence-corrected chi connectivity index (χ0v) is 11.6. The molecule has 0 fully saturated rings. The number of rotatable bonds is 6. The molecular weight excluding hydrogens is 242 g/mol. The van der Waals surface area contributed by atoms with Crippen molar-refractivity contribution in [1.29, 1.82) is 0 Å². The predicted octanol–water partition coefficient (Wildman–Crippen LogP) is 2.41. The van der Waals surface area contributed by atoms with Crippen molar-refractivity contribution >= 4 is 11.9 Å². The van der Waals surface area contributed by atoms with E-state index in [1.165, 1.54) is 0 Å². The molecule has 0 aliphatic carbocycles. The molecule has 1 rings (SSSR count). The van der Waals surface area contributed by atoms with Gasteiger partial charge in [-0.2, -0.15) is 0 Å². The molecular formula is C15H21NO3. The van der Waals surface area contributed by atoms with Crippen molar-refractivity contribution in [2.45, 2.75) is 39.2 Å². The van der Waals surface area contributed by atoms with Gasteiger partial charge in [0.1, 0.15) is 6.04 Å². The van der Waals surface area contributed by atoms with Crippen LogP contribution in [-0.4, -0.2) is 23.0 Å². The first kappa shape index (κ1) is 15.2. The molecule has 1 unspecified atom stereocenters. The van der Waals surface area contributed by atoms with E-state index in [0.29, 0.717) is 6.42 Å². The van der Waals surface area contributed by atoms with Crippen LogP contribution in [0.1, 0.15) is 38.7 Å². The fraction of sp³-hybridized carbons (Fsp3) is 0.467. The fourth-order valence-electron chi connectivity index (χ4n) is 1.92. The van der Waals surface area contributed by atoms with E-state index < -0.39 is 12.0 Å². The molecule has 2 atom stereocenters. The van der Waals surface area contributed by atoms with Crippen molar-refractivity contribution in [1.82, 2.24) is 5.32 Å². The van der Waals surface area contributed by atoms with Crippen molar-refractivity contribution in [3.05, 3.63) is 35.9 Å². The van der Waals surface area contributed by atoms with Crippen LogP contribution >= 0.6 is 0 Å². The molecule has 1 aromatic carbocycles. The number of carboxylic acids is 1.